The Morgan fingerprint density at radius 3 is 1.98 bits per heavy atom. The summed E-state index contributed by atoms with van der Waals surface area (Å²) in [7, 11) is 5.15. The van der Waals surface area contributed by atoms with Gasteiger partial charge in [-0.25, -0.2) is 10.2 Å². The topological polar surface area (TPSA) is 82.5 Å². The first-order valence-electron chi connectivity index (χ1n) is 13.1. The first kappa shape index (κ1) is 33.6. The van der Waals surface area contributed by atoms with Crippen LogP contribution in [0.15, 0.2) is 46.7 Å². The quantitative estimate of drug-likeness (QED) is 0.197. The van der Waals surface area contributed by atoms with Gasteiger partial charge in [-0.2, -0.15) is 13.2 Å². The number of aromatic nitrogens is 4. The van der Waals surface area contributed by atoms with Crippen LogP contribution in [0.5, 0.6) is 0 Å². The van der Waals surface area contributed by atoms with Crippen molar-refractivity contribution < 1.29 is 42.1 Å². The van der Waals surface area contributed by atoms with Gasteiger partial charge in [-0.1, -0.05) is 42.8 Å². The van der Waals surface area contributed by atoms with E-state index in [4.69, 9.17) is 0 Å². The zero-order chi connectivity index (χ0) is 31.8. The van der Waals surface area contributed by atoms with Crippen LogP contribution in [0.25, 0.3) is 22.8 Å². The van der Waals surface area contributed by atoms with Gasteiger partial charge in [0.2, 0.25) is 0 Å². The van der Waals surface area contributed by atoms with Crippen LogP contribution in [0, 0.1) is 37.1 Å². The second kappa shape index (κ2) is 13.4. The summed E-state index contributed by atoms with van der Waals surface area (Å²) < 4.78 is 67.9. The summed E-state index contributed by atoms with van der Waals surface area (Å²) in [6.45, 7) is 7.17. The molecule has 0 bridgehead atoms. The van der Waals surface area contributed by atoms with Crippen molar-refractivity contribution in [2.24, 2.45) is 17.3 Å². The molecule has 2 aromatic carbocycles. The SMILES string of the molecule is CC(C)c1cc(-c2nc(-c3[c-]cc(F)cc3F)cn2C)[n-]n1.CN1[CH-]N(c2[c-]c(N3C=NN(C)[CH-]3)cc(C(F)(F)F)c2)C=N1.[Ir]. The summed E-state index contributed by atoms with van der Waals surface area (Å²) in [6, 6.07) is 11.3. The Bertz CT molecular complexity index is 1650. The molecule has 0 saturated carbocycles. The number of hydrogen-bond acceptors (Lipinski definition) is 8. The maximum atomic E-state index is 13.8. The number of halogens is 5. The molecular formula is C29H26F5IrN10-5. The third-order valence-corrected chi connectivity index (χ3v) is 6.39. The van der Waals surface area contributed by atoms with E-state index in [2.05, 4.69) is 37.5 Å². The predicted octanol–water partition coefficient (Wildman–Crippen LogP) is 5.44. The molecular weight excluding hydrogens is 776 g/mol. The van der Waals surface area contributed by atoms with Gasteiger partial charge in [0.1, 0.15) is 5.82 Å². The van der Waals surface area contributed by atoms with Crippen molar-refractivity contribution in [3.8, 4) is 22.8 Å². The summed E-state index contributed by atoms with van der Waals surface area (Å²) >= 11 is 0. The molecule has 0 N–H and O–H groups in total. The van der Waals surface area contributed by atoms with Gasteiger partial charge in [0, 0.05) is 50.2 Å². The number of hydrogen-bond donors (Lipinski definition) is 0. The molecule has 2 aliphatic rings. The van der Waals surface area contributed by atoms with Crippen LogP contribution in [-0.2, 0) is 33.3 Å². The summed E-state index contributed by atoms with van der Waals surface area (Å²) in [5.74, 6) is -0.516. The van der Waals surface area contributed by atoms with E-state index in [1.807, 2.05) is 19.9 Å². The van der Waals surface area contributed by atoms with Gasteiger partial charge < -0.3 is 34.6 Å². The molecule has 16 heteroatoms. The fraction of sp³-hybridized carbons (Fsp3) is 0.241. The monoisotopic (exact) mass is 802 g/mol. The summed E-state index contributed by atoms with van der Waals surface area (Å²) in [5, 5.41) is 19.1. The standard InChI is InChI=1S/C16H14F2N4.C13H12F3N6.Ir/c1-9(2)13-7-14(21-20-13)16-19-15(8-22(16)3)11-5-4-10(17)6-12(11)18;1-19-8-21(6-17-19)11-3-10(13(14,15)16)4-12(5-11)22-7-18-20(2)9-22;/h4,6-9H,1-3H3;3-4,6-9H,1-2H3;/q-2;-3;. The van der Waals surface area contributed by atoms with E-state index >= 15 is 0 Å². The second-order valence-electron chi connectivity index (χ2n) is 10.2. The molecule has 0 spiro atoms. The molecule has 0 unspecified atom stereocenters. The molecule has 241 valence electrons. The minimum Gasteiger partial charge on any atom is -0.572 e. The first-order chi connectivity index (χ1) is 20.8. The number of benzene rings is 2. The molecule has 45 heavy (non-hydrogen) atoms. The van der Waals surface area contributed by atoms with Gasteiger partial charge in [-0.3, -0.25) is 13.8 Å². The Kier molecular flexibility index (Phi) is 9.98. The molecule has 0 saturated heterocycles. The number of anilines is 2. The minimum absolute atomic E-state index is 0. The predicted molar refractivity (Wildman–Crippen MR) is 154 cm³/mol. The van der Waals surface area contributed by atoms with E-state index in [0.717, 1.165) is 30.0 Å². The van der Waals surface area contributed by atoms with Gasteiger partial charge in [-0.05, 0) is 26.2 Å². The Labute approximate surface area is 270 Å². The Morgan fingerprint density at radius 2 is 1.51 bits per heavy atom. The maximum Gasteiger partial charge on any atom is 0.394 e. The maximum absolute atomic E-state index is 13.8. The van der Waals surface area contributed by atoms with Crippen molar-refractivity contribution in [1.29, 1.82) is 0 Å². The van der Waals surface area contributed by atoms with Crippen molar-refractivity contribution in [2.75, 3.05) is 23.9 Å². The molecule has 6 rings (SSSR count). The molecule has 0 atom stereocenters. The van der Waals surface area contributed by atoms with Crippen molar-refractivity contribution in [1.82, 2.24) is 29.8 Å². The Morgan fingerprint density at radius 1 is 0.911 bits per heavy atom. The van der Waals surface area contributed by atoms with Crippen LogP contribution in [0.2, 0.25) is 0 Å². The fourth-order valence-electron chi connectivity index (χ4n) is 4.15. The molecule has 2 aliphatic heterocycles. The van der Waals surface area contributed by atoms with Crippen molar-refractivity contribution in [3.63, 3.8) is 0 Å². The van der Waals surface area contributed by atoms with E-state index in [0.29, 0.717) is 17.2 Å². The Hall–Kier alpha value is -4.30. The van der Waals surface area contributed by atoms with Crippen molar-refractivity contribution in [3.05, 3.63) is 84.9 Å². The summed E-state index contributed by atoms with van der Waals surface area (Å²) in [5.41, 5.74) is 1.74. The van der Waals surface area contributed by atoms with Gasteiger partial charge in [-0.15, -0.1) is 55.0 Å². The minimum atomic E-state index is -4.45. The number of imidazole rings is 1. The normalized spacial score (nSPS) is 14.4. The van der Waals surface area contributed by atoms with Crippen LogP contribution >= 0.6 is 0 Å². The molecule has 0 aliphatic carbocycles. The molecule has 4 heterocycles. The third-order valence-electron chi connectivity index (χ3n) is 6.39. The zero-order valence-electron chi connectivity index (χ0n) is 24.5. The third kappa shape index (κ3) is 7.68. The molecule has 2 aromatic heterocycles. The second-order valence-corrected chi connectivity index (χ2v) is 10.2. The van der Waals surface area contributed by atoms with Gasteiger partial charge >= 0.3 is 6.18 Å². The zero-order valence-corrected chi connectivity index (χ0v) is 26.9. The largest absolute Gasteiger partial charge is 0.572 e. The Balaban J connectivity index is 0.000000200. The summed E-state index contributed by atoms with van der Waals surface area (Å²) in [6.07, 6.45) is 0.0450. The van der Waals surface area contributed by atoms with E-state index < -0.39 is 23.4 Å². The smallest absolute Gasteiger partial charge is 0.394 e. The molecule has 10 nitrogen and oxygen atoms in total. The average molecular weight is 802 g/mol. The van der Waals surface area contributed by atoms with E-state index in [-0.39, 0.29) is 43.0 Å². The van der Waals surface area contributed by atoms with Crippen molar-refractivity contribution >= 4 is 24.1 Å². The van der Waals surface area contributed by atoms with E-state index in [1.54, 1.807) is 45.2 Å². The van der Waals surface area contributed by atoms with E-state index in [1.165, 1.54) is 32.5 Å². The first-order valence-corrected chi connectivity index (χ1v) is 13.1. The number of rotatable bonds is 5. The van der Waals surface area contributed by atoms with Gasteiger partial charge in [0.25, 0.3) is 0 Å². The molecule has 0 fully saturated rings. The molecule has 1 radical (unpaired) electrons. The van der Waals surface area contributed by atoms with Crippen LogP contribution in [-0.4, -0.2) is 51.4 Å². The number of aryl methyl sites for hydroxylation is 1. The number of hydrazone groups is 2. The van der Waals surface area contributed by atoms with Crippen LogP contribution < -0.4 is 14.9 Å². The average Bonchev–Trinajstić information content (AvgIpc) is 3.76. The van der Waals surface area contributed by atoms with E-state index in [9.17, 15) is 22.0 Å². The van der Waals surface area contributed by atoms with Crippen LogP contribution in [0.1, 0.15) is 31.0 Å². The van der Waals surface area contributed by atoms with Gasteiger partial charge in [0.15, 0.2) is 0 Å². The number of alkyl halides is 3. The van der Waals surface area contributed by atoms with Crippen LogP contribution in [0.4, 0.5) is 33.3 Å². The summed E-state index contributed by atoms with van der Waals surface area (Å²) in [4.78, 5) is 7.32. The molecule has 4 aromatic rings. The van der Waals surface area contributed by atoms with Crippen LogP contribution in [0.3, 0.4) is 0 Å². The van der Waals surface area contributed by atoms with Crippen molar-refractivity contribution in [2.45, 2.75) is 25.9 Å². The number of nitrogens with zero attached hydrogens (tertiary/aromatic N) is 10. The fourth-order valence-corrected chi connectivity index (χ4v) is 4.15. The molecule has 0 amide bonds. The van der Waals surface area contributed by atoms with Gasteiger partial charge in [0.05, 0.1) is 12.7 Å².